The third-order valence-corrected chi connectivity index (χ3v) is 9.56. The van der Waals surface area contributed by atoms with Crippen molar-refractivity contribution in [3.05, 3.63) is 72.9 Å². The summed E-state index contributed by atoms with van der Waals surface area (Å²) in [6.45, 7) is 3.52. The molecular formula is C43H70O12S. The number of hydrogen-bond acceptors (Lipinski definition) is 11. The van der Waals surface area contributed by atoms with E-state index in [1.54, 1.807) is 0 Å². The standard InChI is InChI=1S/C43H70O12S/c1-3-5-7-9-11-13-14-15-16-17-18-19-20-21-22-24-26-28-30-32-39(45)54-36(33-52-38(44)31-29-27-25-23-12-10-8-6-4-2)34-53-43-42(48)41(47)40(46)37(55-43)35-56(49,50)51/h5,7,11,13,15-16,18-19,21-22,26,28,36-37,40-43,46-48H,3-4,6,8-10,12,14,17,20,23-25,27,29-35H2,1-2H3,(H,49,50,51)/b7-5+,13-11+,16-15+,19-18+,22-21+,28-26+/t36-,37-,40-,41?,42?,43+/m1/s1. The molecular weight excluding hydrogens is 741 g/mol. The molecule has 0 aliphatic carbocycles. The third-order valence-electron chi connectivity index (χ3n) is 8.81. The van der Waals surface area contributed by atoms with E-state index in [2.05, 4.69) is 68.5 Å². The number of aliphatic hydroxyl groups excluding tert-OH is 3. The predicted octanol–water partition coefficient (Wildman–Crippen LogP) is 7.55. The van der Waals surface area contributed by atoms with E-state index in [1.165, 1.54) is 32.1 Å². The minimum absolute atomic E-state index is 0.0367. The molecule has 4 N–H and O–H groups in total. The lowest BCUT2D eigenvalue weighted by Crippen LogP contribution is -2.60. The molecule has 1 aliphatic rings. The van der Waals surface area contributed by atoms with Crippen LogP contribution in [0.25, 0.3) is 0 Å². The van der Waals surface area contributed by atoms with E-state index in [0.29, 0.717) is 19.3 Å². The van der Waals surface area contributed by atoms with Crippen molar-refractivity contribution in [3.8, 4) is 0 Å². The van der Waals surface area contributed by atoms with Crippen LogP contribution in [0, 0.1) is 0 Å². The van der Waals surface area contributed by atoms with Crippen LogP contribution >= 0.6 is 0 Å². The summed E-state index contributed by atoms with van der Waals surface area (Å²) in [5, 5.41) is 30.8. The van der Waals surface area contributed by atoms with Crippen molar-refractivity contribution in [2.45, 2.75) is 166 Å². The van der Waals surface area contributed by atoms with Crippen LogP contribution in [0.4, 0.5) is 0 Å². The first-order valence-electron chi connectivity index (χ1n) is 20.5. The number of ether oxygens (including phenoxy) is 4. The van der Waals surface area contributed by atoms with Gasteiger partial charge < -0.3 is 34.3 Å². The minimum Gasteiger partial charge on any atom is -0.462 e. The van der Waals surface area contributed by atoms with Gasteiger partial charge in [0.15, 0.2) is 12.4 Å². The molecule has 320 valence electrons. The molecule has 1 rings (SSSR count). The molecule has 0 aromatic heterocycles. The molecule has 13 heteroatoms. The zero-order valence-corrected chi connectivity index (χ0v) is 34.5. The Kier molecular flexibility index (Phi) is 30.2. The Hall–Kier alpha value is -2.91. The molecule has 0 amide bonds. The maximum absolute atomic E-state index is 12.7. The van der Waals surface area contributed by atoms with E-state index in [4.69, 9.17) is 18.9 Å². The summed E-state index contributed by atoms with van der Waals surface area (Å²) in [7, 11) is -4.61. The van der Waals surface area contributed by atoms with Crippen LogP contribution < -0.4 is 0 Å². The van der Waals surface area contributed by atoms with Crippen LogP contribution in [-0.2, 0) is 38.7 Å². The number of hydrogen-bond donors (Lipinski definition) is 4. The number of allylic oxidation sites excluding steroid dienone is 12. The molecule has 0 aromatic rings. The summed E-state index contributed by atoms with van der Waals surface area (Å²) < 4.78 is 53.7. The maximum atomic E-state index is 12.7. The Balaban J connectivity index is 2.55. The molecule has 1 fully saturated rings. The molecule has 1 aliphatic heterocycles. The van der Waals surface area contributed by atoms with Crippen molar-refractivity contribution in [2.75, 3.05) is 19.0 Å². The molecule has 1 saturated heterocycles. The van der Waals surface area contributed by atoms with Crippen LogP contribution in [0.3, 0.4) is 0 Å². The van der Waals surface area contributed by atoms with Crippen molar-refractivity contribution in [1.29, 1.82) is 0 Å². The van der Waals surface area contributed by atoms with Gasteiger partial charge in [-0.15, -0.1) is 0 Å². The predicted molar refractivity (Wildman–Crippen MR) is 219 cm³/mol. The first-order chi connectivity index (χ1) is 27.0. The fourth-order valence-corrected chi connectivity index (χ4v) is 6.33. The first kappa shape index (κ1) is 51.1. The SMILES string of the molecule is CC/C=C/C/C=C/C/C=C/C/C=C/C/C=C/C/C=C/CCC(=O)O[C@H](COC(=O)CCCCCCCCCCC)CO[C@H]1O[C@H](CS(=O)(=O)O)[C@@H](O)C(O)C1O. The van der Waals surface area contributed by atoms with E-state index in [0.717, 1.165) is 51.4 Å². The van der Waals surface area contributed by atoms with Crippen LogP contribution in [-0.4, -0.2) is 96.0 Å². The van der Waals surface area contributed by atoms with Crippen molar-refractivity contribution in [1.82, 2.24) is 0 Å². The average Bonchev–Trinajstić information content (AvgIpc) is 3.16. The first-order valence-corrected chi connectivity index (χ1v) is 22.1. The van der Waals surface area contributed by atoms with Gasteiger partial charge in [-0.05, 0) is 51.4 Å². The van der Waals surface area contributed by atoms with E-state index >= 15 is 0 Å². The van der Waals surface area contributed by atoms with Gasteiger partial charge in [-0.25, -0.2) is 0 Å². The molecule has 2 unspecified atom stereocenters. The van der Waals surface area contributed by atoms with Gasteiger partial charge in [-0.3, -0.25) is 14.1 Å². The van der Waals surface area contributed by atoms with Gasteiger partial charge in [0.2, 0.25) is 0 Å². The van der Waals surface area contributed by atoms with Gasteiger partial charge in [0.25, 0.3) is 10.1 Å². The smallest absolute Gasteiger partial charge is 0.306 e. The average molecular weight is 811 g/mol. The topological polar surface area (TPSA) is 186 Å². The van der Waals surface area contributed by atoms with Gasteiger partial charge in [0.05, 0.1) is 6.61 Å². The monoisotopic (exact) mass is 810 g/mol. The Morgan fingerprint density at radius 3 is 1.64 bits per heavy atom. The van der Waals surface area contributed by atoms with Crippen LogP contribution in [0.1, 0.15) is 129 Å². The molecule has 0 radical (unpaired) electrons. The Morgan fingerprint density at radius 1 is 0.625 bits per heavy atom. The Bertz CT molecular complexity index is 1320. The zero-order valence-electron chi connectivity index (χ0n) is 33.7. The summed E-state index contributed by atoms with van der Waals surface area (Å²) in [5.41, 5.74) is 0. The number of carbonyl (C=O) groups is 2. The van der Waals surface area contributed by atoms with Crippen LogP contribution in [0.2, 0.25) is 0 Å². The summed E-state index contributed by atoms with van der Waals surface area (Å²) in [4.78, 5) is 25.2. The molecule has 0 bridgehead atoms. The number of aliphatic hydroxyl groups is 3. The fourth-order valence-electron chi connectivity index (χ4n) is 5.64. The highest BCUT2D eigenvalue weighted by Gasteiger charge is 2.46. The highest BCUT2D eigenvalue weighted by atomic mass is 32.2. The second kappa shape index (κ2) is 33.1. The molecule has 0 saturated carbocycles. The highest BCUT2D eigenvalue weighted by molar-refractivity contribution is 7.85. The normalized spacial score (nSPS) is 21.4. The minimum atomic E-state index is -4.61. The van der Waals surface area contributed by atoms with E-state index in [9.17, 15) is 37.9 Å². The third kappa shape index (κ3) is 27.6. The van der Waals surface area contributed by atoms with Crippen molar-refractivity contribution >= 4 is 22.1 Å². The van der Waals surface area contributed by atoms with Gasteiger partial charge in [0.1, 0.15) is 36.8 Å². The summed E-state index contributed by atoms with van der Waals surface area (Å²) in [6, 6.07) is 0. The van der Waals surface area contributed by atoms with Gasteiger partial charge >= 0.3 is 11.9 Å². The molecule has 12 nitrogen and oxygen atoms in total. The number of esters is 2. The Morgan fingerprint density at radius 2 is 1.12 bits per heavy atom. The molecule has 0 spiro atoms. The van der Waals surface area contributed by atoms with E-state index in [-0.39, 0.29) is 19.4 Å². The second-order valence-corrected chi connectivity index (χ2v) is 15.4. The quantitative estimate of drug-likeness (QED) is 0.0227. The van der Waals surface area contributed by atoms with Gasteiger partial charge in [0, 0.05) is 12.8 Å². The second-order valence-electron chi connectivity index (χ2n) is 13.9. The lowest BCUT2D eigenvalue weighted by Gasteiger charge is -2.40. The molecule has 1 heterocycles. The maximum Gasteiger partial charge on any atom is 0.306 e. The van der Waals surface area contributed by atoms with E-state index in [1.807, 2.05) is 18.2 Å². The van der Waals surface area contributed by atoms with Crippen molar-refractivity contribution in [2.24, 2.45) is 0 Å². The highest BCUT2D eigenvalue weighted by Crippen LogP contribution is 2.24. The number of unbranched alkanes of at least 4 members (excludes halogenated alkanes) is 8. The lowest BCUT2D eigenvalue weighted by atomic mass is 10.00. The fraction of sp³-hybridized carbons (Fsp3) is 0.674. The van der Waals surface area contributed by atoms with Crippen LogP contribution in [0.15, 0.2) is 72.9 Å². The summed E-state index contributed by atoms with van der Waals surface area (Å²) in [6.07, 6.45) is 31.2. The van der Waals surface area contributed by atoms with Crippen molar-refractivity contribution < 1.29 is 56.8 Å². The van der Waals surface area contributed by atoms with E-state index < -0.39 is 71.2 Å². The number of rotatable bonds is 32. The van der Waals surface area contributed by atoms with Crippen molar-refractivity contribution in [3.63, 3.8) is 0 Å². The Labute approximate surface area is 336 Å². The van der Waals surface area contributed by atoms with Gasteiger partial charge in [-0.1, -0.05) is 138 Å². The molecule has 56 heavy (non-hydrogen) atoms. The number of carbonyl (C=O) groups excluding carboxylic acids is 2. The zero-order chi connectivity index (χ0) is 41.3. The molecule has 0 aromatic carbocycles. The largest absolute Gasteiger partial charge is 0.462 e. The lowest BCUT2D eigenvalue weighted by molar-refractivity contribution is -0.297. The summed E-state index contributed by atoms with van der Waals surface area (Å²) in [5.74, 6) is -2.10. The summed E-state index contributed by atoms with van der Waals surface area (Å²) >= 11 is 0. The van der Waals surface area contributed by atoms with Gasteiger partial charge in [-0.2, -0.15) is 8.42 Å². The molecule has 6 atom stereocenters. The van der Waals surface area contributed by atoms with Crippen LogP contribution in [0.5, 0.6) is 0 Å².